The molecule has 0 spiro atoms. The highest BCUT2D eigenvalue weighted by Crippen LogP contribution is 2.24. The summed E-state index contributed by atoms with van der Waals surface area (Å²) in [7, 11) is 0. The van der Waals surface area contributed by atoms with Crippen molar-refractivity contribution in [1.29, 1.82) is 5.41 Å². The van der Waals surface area contributed by atoms with Gasteiger partial charge in [-0.25, -0.2) is 14.4 Å². The Morgan fingerprint density at radius 2 is 1.94 bits per heavy atom. The van der Waals surface area contributed by atoms with E-state index in [1.54, 1.807) is 18.2 Å². The molecule has 2 rings (SSSR count). The van der Waals surface area contributed by atoms with E-state index in [-0.39, 0.29) is 11.7 Å². The van der Waals surface area contributed by atoms with Crippen LogP contribution in [-0.2, 0) is 0 Å². The quantitative estimate of drug-likeness (QED) is 0.495. The SMILES string of the molecule is N=C(N)c1ccnc(Sc2ccc(F)cc2)n1. The number of aromatic nitrogens is 2. The summed E-state index contributed by atoms with van der Waals surface area (Å²) in [6, 6.07) is 7.60. The lowest BCUT2D eigenvalue weighted by Crippen LogP contribution is -2.13. The summed E-state index contributed by atoms with van der Waals surface area (Å²) in [4.78, 5) is 8.97. The third-order valence-electron chi connectivity index (χ3n) is 1.93. The van der Waals surface area contributed by atoms with Crippen molar-refractivity contribution in [3.63, 3.8) is 0 Å². The molecule has 17 heavy (non-hydrogen) atoms. The first kappa shape index (κ1) is 11.5. The summed E-state index contributed by atoms with van der Waals surface area (Å²) < 4.78 is 12.7. The van der Waals surface area contributed by atoms with Gasteiger partial charge in [0.1, 0.15) is 17.3 Å². The number of halogens is 1. The molecule has 1 aromatic carbocycles. The van der Waals surface area contributed by atoms with Gasteiger partial charge >= 0.3 is 0 Å². The van der Waals surface area contributed by atoms with Crippen molar-refractivity contribution in [1.82, 2.24) is 9.97 Å². The minimum absolute atomic E-state index is 0.103. The molecule has 0 atom stereocenters. The van der Waals surface area contributed by atoms with E-state index in [1.165, 1.54) is 30.1 Å². The molecule has 0 bridgehead atoms. The molecule has 0 radical (unpaired) electrons. The molecule has 0 saturated carbocycles. The van der Waals surface area contributed by atoms with Crippen molar-refractivity contribution in [2.75, 3.05) is 0 Å². The molecule has 6 heteroatoms. The van der Waals surface area contributed by atoms with Crippen molar-refractivity contribution in [3.8, 4) is 0 Å². The van der Waals surface area contributed by atoms with Crippen molar-refractivity contribution in [2.24, 2.45) is 5.73 Å². The zero-order valence-electron chi connectivity index (χ0n) is 8.72. The Balaban J connectivity index is 2.21. The van der Waals surface area contributed by atoms with Gasteiger partial charge < -0.3 is 5.73 Å². The van der Waals surface area contributed by atoms with E-state index in [2.05, 4.69) is 9.97 Å². The fraction of sp³-hybridized carbons (Fsp3) is 0. The van der Waals surface area contributed by atoms with Crippen LogP contribution in [0.3, 0.4) is 0 Å². The van der Waals surface area contributed by atoms with Gasteiger partial charge in [-0.15, -0.1) is 0 Å². The van der Waals surface area contributed by atoms with Crippen LogP contribution < -0.4 is 5.73 Å². The van der Waals surface area contributed by atoms with E-state index >= 15 is 0 Å². The van der Waals surface area contributed by atoms with E-state index < -0.39 is 0 Å². The van der Waals surface area contributed by atoms with E-state index in [0.717, 1.165) is 4.90 Å². The minimum atomic E-state index is -0.284. The van der Waals surface area contributed by atoms with Gasteiger partial charge in [0, 0.05) is 11.1 Å². The molecule has 0 amide bonds. The molecule has 2 aromatic rings. The Kier molecular flexibility index (Phi) is 3.34. The van der Waals surface area contributed by atoms with Gasteiger partial charge in [-0.05, 0) is 42.1 Å². The monoisotopic (exact) mass is 248 g/mol. The zero-order valence-corrected chi connectivity index (χ0v) is 9.54. The molecular weight excluding hydrogens is 239 g/mol. The lowest BCUT2D eigenvalue weighted by atomic mass is 10.4. The molecule has 0 aliphatic heterocycles. The second-order valence-electron chi connectivity index (χ2n) is 3.19. The Hall–Kier alpha value is -1.95. The van der Waals surface area contributed by atoms with Crippen molar-refractivity contribution < 1.29 is 4.39 Å². The van der Waals surface area contributed by atoms with Crippen LogP contribution in [-0.4, -0.2) is 15.8 Å². The number of benzene rings is 1. The predicted octanol–water partition coefficient (Wildman–Crippen LogP) is 2.05. The normalized spacial score (nSPS) is 10.2. The molecule has 0 fully saturated rings. The Bertz CT molecular complexity index is 541. The summed E-state index contributed by atoms with van der Waals surface area (Å²) >= 11 is 1.29. The fourth-order valence-electron chi connectivity index (χ4n) is 1.15. The number of nitrogens with one attached hydrogen (secondary N) is 1. The van der Waals surface area contributed by atoms with Crippen LogP contribution in [0.15, 0.2) is 46.6 Å². The Labute approximate surface area is 102 Å². The fourth-order valence-corrected chi connectivity index (χ4v) is 1.89. The van der Waals surface area contributed by atoms with Gasteiger partial charge in [0.2, 0.25) is 0 Å². The van der Waals surface area contributed by atoms with Gasteiger partial charge in [-0.1, -0.05) is 0 Å². The van der Waals surface area contributed by atoms with Gasteiger partial charge in [0.05, 0.1) is 0 Å². The molecule has 1 aromatic heterocycles. The highest BCUT2D eigenvalue weighted by atomic mass is 32.2. The maximum Gasteiger partial charge on any atom is 0.193 e. The Morgan fingerprint density at radius 1 is 1.24 bits per heavy atom. The smallest absolute Gasteiger partial charge is 0.193 e. The molecule has 0 aliphatic rings. The molecule has 1 heterocycles. The highest BCUT2D eigenvalue weighted by Gasteiger charge is 2.04. The Morgan fingerprint density at radius 3 is 2.59 bits per heavy atom. The number of amidine groups is 1. The third-order valence-corrected chi connectivity index (χ3v) is 2.82. The first-order chi connectivity index (χ1) is 8.15. The molecule has 4 nitrogen and oxygen atoms in total. The van der Waals surface area contributed by atoms with Crippen molar-refractivity contribution >= 4 is 17.6 Å². The molecule has 0 saturated heterocycles. The van der Waals surface area contributed by atoms with Crippen molar-refractivity contribution in [3.05, 3.63) is 48.0 Å². The average molecular weight is 248 g/mol. The number of hydrogen-bond acceptors (Lipinski definition) is 4. The van der Waals surface area contributed by atoms with Gasteiger partial charge in [0.25, 0.3) is 0 Å². The number of nitrogens with zero attached hydrogens (tertiary/aromatic N) is 2. The highest BCUT2D eigenvalue weighted by molar-refractivity contribution is 7.99. The van der Waals surface area contributed by atoms with Crippen LogP contribution in [0.1, 0.15) is 5.69 Å². The first-order valence-electron chi connectivity index (χ1n) is 4.76. The molecule has 0 unspecified atom stereocenters. The molecule has 0 aliphatic carbocycles. The third kappa shape index (κ3) is 3.01. The summed E-state index contributed by atoms with van der Waals surface area (Å²) in [6.45, 7) is 0. The summed E-state index contributed by atoms with van der Waals surface area (Å²) in [6.07, 6.45) is 1.54. The van der Waals surface area contributed by atoms with E-state index in [4.69, 9.17) is 11.1 Å². The van der Waals surface area contributed by atoms with Crippen LogP contribution in [0.5, 0.6) is 0 Å². The zero-order chi connectivity index (χ0) is 12.3. The van der Waals surface area contributed by atoms with Crippen LogP contribution in [0, 0.1) is 11.2 Å². The molecule has 3 N–H and O–H groups in total. The van der Waals surface area contributed by atoms with Crippen molar-refractivity contribution in [2.45, 2.75) is 10.1 Å². The van der Waals surface area contributed by atoms with Gasteiger partial charge in [-0.3, -0.25) is 5.41 Å². The molecular formula is C11H9FN4S. The van der Waals surface area contributed by atoms with Crippen LogP contribution in [0.2, 0.25) is 0 Å². The minimum Gasteiger partial charge on any atom is -0.382 e. The van der Waals surface area contributed by atoms with E-state index in [9.17, 15) is 4.39 Å². The van der Waals surface area contributed by atoms with Gasteiger partial charge in [-0.2, -0.15) is 0 Å². The largest absolute Gasteiger partial charge is 0.382 e. The average Bonchev–Trinajstić information content (AvgIpc) is 2.32. The predicted molar refractivity (Wildman–Crippen MR) is 63.6 cm³/mol. The lowest BCUT2D eigenvalue weighted by molar-refractivity contribution is 0.626. The van der Waals surface area contributed by atoms with Crippen LogP contribution in [0.25, 0.3) is 0 Å². The topological polar surface area (TPSA) is 75.7 Å². The maximum absolute atomic E-state index is 12.7. The number of nitrogen functional groups attached to an aromatic ring is 1. The number of hydrogen-bond donors (Lipinski definition) is 2. The summed E-state index contributed by atoms with van der Waals surface area (Å²) in [5, 5.41) is 7.74. The summed E-state index contributed by atoms with van der Waals surface area (Å²) in [5.74, 6) is -0.388. The molecule has 86 valence electrons. The lowest BCUT2D eigenvalue weighted by Gasteiger charge is -2.02. The van der Waals surface area contributed by atoms with E-state index in [0.29, 0.717) is 10.9 Å². The first-order valence-corrected chi connectivity index (χ1v) is 5.57. The second kappa shape index (κ2) is 4.92. The summed E-state index contributed by atoms with van der Waals surface area (Å²) in [5.41, 5.74) is 5.71. The van der Waals surface area contributed by atoms with Crippen LogP contribution in [0.4, 0.5) is 4.39 Å². The van der Waals surface area contributed by atoms with E-state index in [1.807, 2.05) is 0 Å². The number of rotatable bonds is 3. The maximum atomic E-state index is 12.7. The number of nitrogens with two attached hydrogens (primary N) is 1. The second-order valence-corrected chi connectivity index (χ2v) is 4.23. The van der Waals surface area contributed by atoms with Crippen LogP contribution >= 0.6 is 11.8 Å². The van der Waals surface area contributed by atoms with Gasteiger partial charge in [0.15, 0.2) is 5.16 Å². The standard InChI is InChI=1S/C11H9FN4S/c12-7-1-3-8(4-2-7)17-11-15-6-5-9(16-11)10(13)14/h1-6H,(H3,13,14).